The largest absolute Gasteiger partial charge is 0.338 e. The monoisotopic (exact) mass is 258 g/mol. The molecule has 2 rings (SSSR count). The Morgan fingerprint density at radius 3 is 2.58 bits per heavy atom. The smallest absolute Gasteiger partial charge is 0.227 e. The highest BCUT2D eigenvalue weighted by Gasteiger charge is 2.27. The molecule has 2 unspecified atom stereocenters. The number of rotatable bonds is 3. The summed E-state index contributed by atoms with van der Waals surface area (Å²) in [6.07, 6.45) is 3.10. The van der Waals surface area contributed by atoms with Crippen molar-refractivity contribution >= 4 is 5.91 Å². The molecular weight excluding hydrogens is 236 g/mol. The van der Waals surface area contributed by atoms with E-state index < -0.39 is 0 Å². The van der Waals surface area contributed by atoms with Gasteiger partial charge in [-0.3, -0.25) is 4.79 Å². The molecule has 0 bridgehead atoms. The highest BCUT2D eigenvalue weighted by molar-refractivity contribution is 5.79. The van der Waals surface area contributed by atoms with Gasteiger partial charge in [-0.25, -0.2) is 0 Å². The van der Waals surface area contributed by atoms with Gasteiger partial charge in [0.1, 0.15) is 0 Å². The van der Waals surface area contributed by atoms with Crippen LogP contribution in [-0.2, 0) is 4.79 Å². The number of hydrogen-bond acceptors (Lipinski definition) is 2. The quantitative estimate of drug-likeness (QED) is 0.847. The van der Waals surface area contributed by atoms with Gasteiger partial charge in [-0.15, -0.1) is 0 Å². The third-order valence-corrected chi connectivity index (χ3v) is 3.86. The van der Waals surface area contributed by atoms with E-state index in [0.29, 0.717) is 0 Å². The molecule has 0 spiro atoms. The van der Waals surface area contributed by atoms with Gasteiger partial charge in [0.2, 0.25) is 5.91 Å². The number of carbonyl (C=O) groups excluding carboxylic acids is 1. The summed E-state index contributed by atoms with van der Waals surface area (Å²) < 4.78 is 0. The second kappa shape index (κ2) is 6.02. The van der Waals surface area contributed by atoms with E-state index in [1.165, 1.54) is 5.57 Å². The van der Waals surface area contributed by atoms with Crippen molar-refractivity contribution in [1.82, 2.24) is 4.90 Å². The summed E-state index contributed by atoms with van der Waals surface area (Å²) in [5.41, 5.74) is 8.60. The van der Waals surface area contributed by atoms with E-state index in [1.54, 1.807) is 0 Å². The van der Waals surface area contributed by atoms with Crippen molar-refractivity contribution in [1.29, 1.82) is 0 Å². The van der Waals surface area contributed by atoms with Crippen molar-refractivity contribution < 1.29 is 4.79 Å². The fourth-order valence-electron chi connectivity index (χ4n) is 2.38. The van der Waals surface area contributed by atoms with E-state index in [1.807, 2.05) is 42.2 Å². The second-order valence-corrected chi connectivity index (χ2v) is 5.31. The van der Waals surface area contributed by atoms with Crippen molar-refractivity contribution in [2.75, 3.05) is 13.1 Å². The van der Waals surface area contributed by atoms with E-state index in [2.05, 4.69) is 13.0 Å². The Morgan fingerprint density at radius 2 is 2.00 bits per heavy atom. The minimum Gasteiger partial charge on any atom is -0.338 e. The maximum absolute atomic E-state index is 12.4. The van der Waals surface area contributed by atoms with Gasteiger partial charge in [0.25, 0.3) is 0 Å². The van der Waals surface area contributed by atoms with E-state index >= 15 is 0 Å². The van der Waals surface area contributed by atoms with Crippen LogP contribution in [0.3, 0.4) is 0 Å². The molecule has 0 saturated carbocycles. The number of amides is 1. The lowest BCUT2D eigenvalue weighted by Crippen LogP contribution is -2.41. The highest BCUT2D eigenvalue weighted by atomic mass is 16.2. The van der Waals surface area contributed by atoms with Gasteiger partial charge in [0.15, 0.2) is 0 Å². The lowest BCUT2D eigenvalue weighted by atomic mass is 9.93. The Bertz CT molecular complexity index is 467. The SMILES string of the molecule is CC1=CCN(C(=O)C(C)C(N)c2ccccc2)CC1. The molecule has 19 heavy (non-hydrogen) atoms. The Kier molecular flexibility index (Phi) is 4.38. The first-order valence-electron chi connectivity index (χ1n) is 6.84. The zero-order valence-electron chi connectivity index (χ0n) is 11.7. The summed E-state index contributed by atoms with van der Waals surface area (Å²) >= 11 is 0. The molecule has 0 radical (unpaired) electrons. The molecule has 3 heteroatoms. The topological polar surface area (TPSA) is 46.3 Å². The van der Waals surface area contributed by atoms with E-state index in [4.69, 9.17) is 5.73 Å². The standard InChI is InChI=1S/C16H22N2O/c1-12-8-10-18(11-9-12)16(19)13(2)15(17)14-6-4-3-5-7-14/h3-8,13,15H,9-11,17H2,1-2H3. The lowest BCUT2D eigenvalue weighted by molar-refractivity contribution is -0.135. The summed E-state index contributed by atoms with van der Waals surface area (Å²) in [5.74, 6) is -0.0330. The molecule has 2 atom stereocenters. The number of benzene rings is 1. The molecule has 0 fully saturated rings. The van der Waals surface area contributed by atoms with E-state index in [0.717, 1.165) is 25.1 Å². The fourth-order valence-corrected chi connectivity index (χ4v) is 2.38. The minimum atomic E-state index is -0.235. The maximum atomic E-state index is 12.4. The summed E-state index contributed by atoms with van der Waals surface area (Å²) in [5, 5.41) is 0. The second-order valence-electron chi connectivity index (χ2n) is 5.31. The first-order valence-corrected chi connectivity index (χ1v) is 6.84. The zero-order valence-corrected chi connectivity index (χ0v) is 11.7. The lowest BCUT2D eigenvalue weighted by Gasteiger charge is -2.30. The predicted octanol–water partition coefficient (Wildman–Crippen LogP) is 2.50. The van der Waals surface area contributed by atoms with Crippen molar-refractivity contribution in [3.8, 4) is 0 Å². The zero-order chi connectivity index (χ0) is 13.8. The van der Waals surface area contributed by atoms with Gasteiger partial charge in [0, 0.05) is 19.1 Å². The predicted molar refractivity (Wildman–Crippen MR) is 77.5 cm³/mol. The van der Waals surface area contributed by atoms with Gasteiger partial charge >= 0.3 is 0 Å². The van der Waals surface area contributed by atoms with Gasteiger partial charge in [0.05, 0.1) is 5.92 Å². The Labute approximate surface area is 115 Å². The molecule has 1 amide bonds. The van der Waals surface area contributed by atoms with Gasteiger partial charge in [-0.1, -0.05) is 48.9 Å². The molecule has 0 aromatic heterocycles. The average Bonchev–Trinajstić information content (AvgIpc) is 2.46. The van der Waals surface area contributed by atoms with Crippen molar-refractivity contribution in [2.45, 2.75) is 26.3 Å². The molecule has 1 aliphatic rings. The van der Waals surface area contributed by atoms with E-state index in [9.17, 15) is 4.79 Å². The van der Waals surface area contributed by atoms with Gasteiger partial charge in [-0.2, -0.15) is 0 Å². The first kappa shape index (κ1) is 13.8. The van der Waals surface area contributed by atoms with Crippen LogP contribution in [0.2, 0.25) is 0 Å². The number of carbonyl (C=O) groups is 1. The van der Waals surface area contributed by atoms with E-state index in [-0.39, 0.29) is 17.9 Å². The Hall–Kier alpha value is -1.61. The van der Waals surface area contributed by atoms with Crippen molar-refractivity contribution in [2.24, 2.45) is 11.7 Å². The molecule has 1 aromatic rings. The molecule has 102 valence electrons. The molecule has 1 aliphatic heterocycles. The number of hydrogen-bond donors (Lipinski definition) is 1. The molecule has 3 nitrogen and oxygen atoms in total. The first-order chi connectivity index (χ1) is 9.09. The normalized spacial score (nSPS) is 18.7. The molecular formula is C16H22N2O. The van der Waals surface area contributed by atoms with Crippen molar-refractivity contribution in [3.63, 3.8) is 0 Å². The molecule has 1 aromatic carbocycles. The Morgan fingerprint density at radius 1 is 1.32 bits per heavy atom. The summed E-state index contributed by atoms with van der Waals surface area (Å²) in [7, 11) is 0. The van der Waals surface area contributed by atoms with Crippen LogP contribution in [0.25, 0.3) is 0 Å². The number of nitrogens with zero attached hydrogens (tertiary/aromatic N) is 1. The van der Waals surface area contributed by atoms with Crippen LogP contribution in [0.4, 0.5) is 0 Å². The van der Waals surface area contributed by atoms with Crippen LogP contribution in [0.15, 0.2) is 42.0 Å². The summed E-state index contributed by atoms with van der Waals surface area (Å²) in [6, 6.07) is 9.60. The number of nitrogens with two attached hydrogens (primary N) is 1. The van der Waals surface area contributed by atoms with Crippen molar-refractivity contribution in [3.05, 3.63) is 47.5 Å². The summed E-state index contributed by atoms with van der Waals surface area (Å²) in [4.78, 5) is 14.3. The third-order valence-electron chi connectivity index (χ3n) is 3.86. The van der Waals surface area contributed by atoms with Crippen LogP contribution >= 0.6 is 0 Å². The molecule has 2 N–H and O–H groups in total. The maximum Gasteiger partial charge on any atom is 0.227 e. The Balaban J connectivity index is 2.03. The molecule has 0 aliphatic carbocycles. The van der Waals surface area contributed by atoms with Crippen LogP contribution in [0.1, 0.15) is 31.9 Å². The highest BCUT2D eigenvalue weighted by Crippen LogP contribution is 2.22. The molecule has 1 heterocycles. The molecule has 0 saturated heterocycles. The fraction of sp³-hybridized carbons (Fsp3) is 0.438. The van der Waals surface area contributed by atoms with Gasteiger partial charge in [-0.05, 0) is 18.9 Å². The minimum absolute atomic E-state index is 0.153. The van der Waals surface area contributed by atoms with Gasteiger partial charge < -0.3 is 10.6 Å². The van der Waals surface area contributed by atoms with Crippen LogP contribution in [-0.4, -0.2) is 23.9 Å². The van der Waals surface area contributed by atoms with Crippen LogP contribution < -0.4 is 5.73 Å². The average molecular weight is 258 g/mol. The van der Waals surface area contributed by atoms with Crippen LogP contribution in [0, 0.1) is 5.92 Å². The summed E-state index contributed by atoms with van der Waals surface area (Å²) in [6.45, 7) is 5.57. The third kappa shape index (κ3) is 3.24. The van der Waals surface area contributed by atoms with Crippen LogP contribution in [0.5, 0.6) is 0 Å².